The van der Waals surface area contributed by atoms with Gasteiger partial charge in [-0.1, -0.05) is 20.8 Å². The van der Waals surface area contributed by atoms with Crippen LogP contribution in [0.3, 0.4) is 0 Å². The van der Waals surface area contributed by atoms with Crippen molar-refractivity contribution in [2.24, 2.45) is 5.41 Å². The van der Waals surface area contributed by atoms with E-state index in [1.165, 1.54) is 0 Å². The molecular formula is C9H12F4OS. The van der Waals surface area contributed by atoms with Crippen LogP contribution in [-0.2, 0) is 4.79 Å². The monoisotopic (exact) mass is 244 g/mol. The van der Waals surface area contributed by atoms with Crippen LogP contribution in [0.1, 0.15) is 20.8 Å². The summed E-state index contributed by atoms with van der Waals surface area (Å²) in [5.41, 5.74) is -0.628. The fourth-order valence-corrected chi connectivity index (χ4v) is 0.662. The van der Waals surface area contributed by atoms with E-state index >= 15 is 0 Å². The molecule has 0 saturated heterocycles. The second-order valence-corrected chi connectivity index (χ2v) is 4.55. The molecule has 0 N–H and O–H groups in total. The summed E-state index contributed by atoms with van der Waals surface area (Å²) >= 11 is 3.81. The van der Waals surface area contributed by atoms with Crippen molar-refractivity contribution in [2.45, 2.75) is 33.1 Å². The number of ketones is 1. The molecule has 0 aliphatic carbocycles. The molecule has 15 heavy (non-hydrogen) atoms. The van der Waals surface area contributed by atoms with E-state index in [9.17, 15) is 22.4 Å². The molecule has 0 spiro atoms. The van der Waals surface area contributed by atoms with Crippen molar-refractivity contribution in [3.63, 3.8) is 0 Å². The largest absolute Gasteiger partial charge is 0.368 e. The molecule has 0 aromatic carbocycles. The predicted octanol–water partition coefficient (Wildman–Crippen LogP) is 3.32. The molecule has 0 heterocycles. The fraction of sp³-hybridized carbons (Fsp3) is 0.667. The Balaban J connectivity index is 4.92. The van der Waals surface area contributed by atoms with Crippen LogP contribution in [0.25, 0.3) is 0 Å². The fourth-order valence-electron chi connectivity index (χ4n) is 0.544. The first-order chi connectivity index (χ1) is 6.49. The van der Waals surface area contributed by atoms with Crippen LogP contribution in [0.5, 0.6) is 0 Å². The van der Waals surface area contributed by atoms with Gasteiger partial charge in [0.1, 0.15) is 0 Å². The number of allylic oxidation sites excluding steroid dienone is 2. The lowest BCUT2D eigenvalue weighted by molar-refractivity contribution is -0.161. The maximum atomic E-state index is 12.5. The van der Waals surface area contributed by atoms with E-state index < -0.39 is 23.5 Å². The number of alkyl halides is 4. The Labute approximate surface area is 90.9 Å². The topological polar surface area (TPSA) is 17.1 Å². The Kier molecular flexibility index (Phi) is 4.39. The summed E-state index contributed by atoms with van der Waals surface area (Å²) in [5.74, 6) is -6.56. The zero-order chi connectivity index (χ0) is 12.4. The van der Waals surface area contributed by atoms with E-state index in [1.807, 2.05) is 0 Å². The van der Waals surface area contributed by atoms with Crippen molar-refractivity contribution in [1.29, 1.82) is 0 Å². The number of rotatable bonds is 3. The van der Waals surface area contributed by atoms with Crippen molar-refractivity contribution in [2.75, 3.05) is 0 Å². The Hall–Kier alpha value is -0.520. The zero-order valence-corrected chi connectivity index (χ0v) is 9.42. The molecule has 0 radical (unpaired) electrons. The third-order valence-electron chi connectivity index (χ3n) is 1.64. The van der Waals surface area contributed by atoms with Gasteiger partial charge in [0.05, 0.1) is 0 Å². The summed E-state index contributed by atoms with van der Waals surface area (Å²) in [5, 5.41) is 0. The van der Waals surface area contributed by atoms with Crippen molar-refractivity contribution in [1.82, 2.24) is 0 Å². The van der Waals surface area contributed by atoms with E-state index in [4.69, 9.17) is 0 Å². The Morgan fingerprint density at radius 3 is 1.93 bits per heavy atom. The lowest BCUT2D eigenvalue weighted by atomic mass is 9.94. The van der Waals surface area contributed by atoms with Crippen LogP contribution >= 0.6 is 12.6 Å². The summed E-state index contributed by atoms with van der Waals surface area (Å²) < 4.78 is 48.6. The van der Waals surface area contributed by atoms with Crippen molar-refractivity contribution < 1.29 is 22.4 Å². The smallest absolute Gasteiger partial charge is 0.288 e. The van der Waals surface area contributed by atoms with Crippen LogP contribution in [-0.4, -0.2) is 18.1 Å². The summed E-state index contributed by atoms with van der Waals surface area (Å²) in [6.07, 6.45) is -3.54. The molecule has 0 unspecified atom stereocenters. The standard InChI is InChI=1S/C9H12F4OS/c1-8(2,3)6(15)4-5(14)9(12,13)7(10)11/h4,7,15H,1-3H3. The number of halogens is 4. The highest BCUT2D eigenvalue weighted by Crippen LogP contribution is 2.31. The summed E-state index contributed by atoms with van der Waals surface area (Å²) in [7, 11) is 0. The molecule has 0 aliphatic heterocycles. The second-order valence-electron chi connectivity index (χ2n) is 4.07. The zero-order valence-electron chi connectivity index (χ0n) is 8.52. The quantitative estimate of drug-likeness (QED) is 0.458. The molecule has 0 amide bonds. The molecule has 0 aromatic heterocycles. The number of carbonyl (C=O) groups is 1. The highest BCUT2D eigenvalue weighted by atomic mass is 32.1. The maximum absolute atomic E-state index is 12.5. The molecule has 0 rings (SSSR count). The molecule has 0 bridgehead atoms. The number of carbonyl (C=O) groups excluding carboxylic acids is 1. The minimum Gasteiger partial charge on any atom is -0.288 e. The normalized spacial score (nSPS) is 14.6. The molecule has 1 nitrogen and oxygen atoms in total. The van der Waals surface area contributed by atoms with Crippen molar-refractivity contribution >= 4 is 18.4 Å². The maximum Gasteiger partial charge on any atom is 0.368 e. The third kappa shape index (κ3) is 3.85. The van der Waals surface area contributed by atoms with E-state index in [-0.39, 0.29) is 4.91 Å². The highest BCUT2D eigenvalue weighted by Gasteiger charge is 2.47. The third-order valence-corrected chi connectivity index (χ3v) is 2.44. The molecule has 0 saturated carbocycles. The van der Waals surface area contributed by atoms with E-state index in [1.54, 1.807) is 20.8 Å². The molecular weight excluding hydrogens is 232 g/mol. The summed E-state index contributed by atoms with van der Waals surface area (Å²) in [6.45, 7) is 4.87. The first-order valence-electron chi connectivity index (χ1n) is 4.11. The Morgan fingerprint density at radius 1 is 1.27 bits per heavy atom. The predicted molar refractivity (Wildman–Crippen MR) is 52.5 cm³/mol. The number of thiol groups is 1. The molecule has 6 heteroatoms. The summed E-state index contributed by atoms with van der Waals surface area (Å²) in [4.78, 5) is 10.8. The van der Waals surface area contributed by atoms with E-state index in [0.29, 0.717) is 6.08 Å². The highest BCUT2D eigenvalue weighted by molar-refractivity contribution is 7.84. The minimum atomic E-state index is -4.64. The second kappa shape index (κ2) is 4.55. The first kappa shape index (κ1) is 14.5. The van der Waals surface area contributed by atoms with E-state index in [2.05, 4.69) is 12.6 Å². The van der Waals surface area contributed by atoms with Gasteiger partial charge in [-0.3, -0.25) is 4.79 Å². The van der Waals surface area contributed by atoms with Gasteiger partial charge in [-0.25, -0.2) is 8.78 Å². The van der Waals surface area contributed by atoms with Crippen LogP contribution < -0.4 is 0 Å². The van der Waals surface area contributed by atoms with Gasteiger partial charge in [-0.15, -0.1) is 12.6 Å². The van der Waals surface area contributed by atoms with Gasteiger partial charge in [0.2, 0.25) is 5.78 Å². The van der Waals surface area contributed by atoms with Gasteiger partial charge in [0.15, 0.2) is 0 Å². The Morgan fingerprint density at radius 2 is 1.67 bits per heavy atom. The van der Waals surface area contributed by atoms with Crippen LogP contribution in [0.15, 0.2) is 11.0 Å². The molecule has 0 fully saturated rings. The van der Waals surface area contributed by atoms with Gasteiger partial charge < -0.3 is 0 Å². The van der Waals surface area contributed by atoms with Crippen LogP contribution in [0.4, 0.5) is 17.6 Å². The lowest BCUT2D eigenvalue weighted by Gasteiger charge is -2.19. The van der Waals surface area contributed by atoms with E-state index in [0.717, 1.165) is 0 Å². The number of hydrogen-bond donors (Lipinski definition) is 1. The van der Waals surface area contributed by atoms with Gasteiger partial charge >= 0.3 is 12.3 Å². The average molecular weight is 244 g/mol. The van der Waals surface area contributed by atoms with Crippen LogP contribution in [0, 0.1) is 5.41 Å². The Bertz CT molecular complexity index is 278. The lowest BCUT2D eigenvalue weighted by Crippen LogP contribution is -2.35. The molecule has 0 aliphatic rings. The summed E-state index contributed by atoms with van der Waals surface area (Å²) in [6, 6.07) is 0. The van der Waals surface area contributed by atoms with Gasteiger partial charge in [0.25, 0.3) is 0 Å². The SMILES string of the molecule is CC(C)(C)C(S)=CC(=O)C(F)(F)C(F)F. The van der Waals surface area contributed by atoms with Crippen LogP contribution in [0.2, 0.25) is 0 Å². The average Bonchev–Trinajstić information content (AvgIpc) is 2.01. The molecule has 88 valence electrons. The minimum absolute atomic E-state index is 0.0350. The van der Waals surface area contributed by atoms with Gasteiger partial charge in [0, 0.05) is 0 Å². The first-order valence-corrected chi connectivity index (χ1v) is 4.56. The van der Waals surface area contributed by atoms with Crippen molar-refractivity contribution in [3.8, 4) is 0 Å². The number of hydrogen-bond acceptors (Lipinski definition) is 2. The molecule has 0 atom stereocenters. The van der Waals surface area contributed by atoms with Gasteiger partial charge in [-0.2, -0.15) is 8.78 Å². The molecule has 0 aromatic rings. The van der Waals surface area contributed by atoms with Gasteiger partial charge in [-0.05, 0) is 16.4 Å². The van der Waals surface area contributed by atoms with Crippen molar-refractivity contribution in [3.05, 3.63) is 11.0 Å².